The molecule has 0 unspecified atom stereocenters. The molecule has 0 spiro atoms. The minimum atomic E-state index is -0.510. The van der Waals surface area contributed by atoms with Gasteiger partial charge in [0.15, 0.2) is 0 Å². The van der Waals surface area contributed by atoms with Gasteiger partial charge in [0, 0.05) is 15.6 Å². The van der Waals surface area contributed by atoms with Crippen LogP contribution in [-0.2, 0) is 16.1 Å². The Balaban J connectivity index is 1.84. The number of carbonyl (C=O) groups is 2. The predicted octanol–water partition coefficient (Wildman–Crippen LogP) is 3.24. The summed E-state index contributed by atoms with van der Waals surface area (Å²) in [5.74, 6) is -0.177. The summed E-state index contributed by atoms with van der Waals surface area (Å²) in [5.41, 5.74) is 2.31. The lowest BCUT2D eigenvalue weighted by molar-refractivity contribution is -0.143. The van der Waals surface area contributed by atoms with Gasteiger partial charge in [0.05, 0.1) is 7.11 Å². The first-order valence-corrected chi connectivity index (χ1v) is 8.12. The van der Waals surface area contributed by atoms with Crippen molar-refractivity contribution in [1.29, 1.82) is 0 Å². The SMILES string of the molecule is COc1ccc(C)cc1COC(=O)CNC(=O)c1ccc(Br)cc1. The third-order valence-corrected chi connectivity index (χ3v) is 3.85. The molecule has 6 heteroatoms. The first-order valence-electron chi connectivity index (χ1n) is 7.32. The number of methoxy groups -OCH3 is 1. The number of esters is 1. The molecule has 24 heavy (non-hydrogen) atoms. The highest BCUT2D eigenvalue weighted by Crippen LogP contribution is 2.20. The van der Waals surface area contributed by atoms with Crippen LogP contribution in [0.4, 0.5) is 0 Å². The fourth-order valence-electron chi connectivity index (χ4n) is 2.09. The second-order valence-corrected chi connectivity index (χ2v) is 6.08. The summed E-state index contributed by atoms with van der Waals surface area (Å²) in [5, 5.41) is 2.53. The molecule has 0 atom stereocenters. The number of benzene rings is 2. The molecule has 0 radical (unpaired) electrons. The van der Waals surface area contributed by atoms with E-state index in [1.54, 1.807) is 31.4 Å². The third kappa shape index (κ3) is 5.09. The molecule has 0 aliphatic carbocycles. The molecule has 0 aliphatic rings. The Morgan fingerprint density at radius 2 is 1.83 bits per heavy atom. The largest absolute Gasteiger partial charge is 0.496 e. The Hall–Kier alpha value is -2.34. The van der Waals surface area contributed by atoms with Crippen molar-refractivity contribution in [1.82, 2.24) is 5.32 Å². The smallest absolute Gasteiger partial charge is 0.325 e. The zero-order valence-electron chi connectivity index (χ0n) is 13.5. The van der Waals surface area contributed by atoms with E-state index >= 15 is 0 Å². The number of amides is 1. The van der Waals surface area contributed by atoms with Gasteiger partial charge in [0.1, 0.15) is 18.9 Å². The van der Waals surface area contributed by atoms with E-state index in [-0.39, 0.29) is 19.1 Å². The van der Waals surface area contributed by atoms with E-state index in [0.29, 0.717) is 11.3 Å². The van der Waals surface area contributed by atoms with Crippen LogP contribution in [0.5, 0.6) is 5.75 Å². The van der Waals surface area contributed by atoms with Crippen molar-refractivity contribution in [2.45, 2.75) is 13.5 Å². The summed E-state index contributed by atoms with van der Waals surface area (Å²) in [6.45, 7) is 1.85. The number of halogens is 1. The minimum Gasteiger partial charge on any atom is -0.496 e. The lowest BCUT2D eigenvalue weighted by Crippen LogP contribution is -2.30. The van der Waals surface area contributed by atoms with Gasteiger partial charge in [-0.2, -0.15) is 0 Å². The maximum Gasteiger partial charge on any atom is 0.325 e. The molecule has 5 nitrogen and oxygen atoms in total. The highest BCUT2D eigenvalue weighted by Gasteiger charge is 2.10. The molecule has 0 bridgehead atoms. The number of nitrogens with one attached hydrogen (secondary N) is 1. The quantitative estimate of drug-likeness (QED) is 0.767. The molecule has 0 aliphatic heterocycles. The zero-order chi connectivity index (χ0) is 17.5. The first-order chi connectivity index (χ1) is 11.5. The summed E-state index contributed by atoms with van der Waals surface area (Å²) in [7, 11) is 1.56. The molecule has 0 saturated heterocycles. The van der Waals surface area contributed by atoms with Crippen molar-refractivity contribution in [3.05, 3.63) is 63.6 Å². The van der Waals surface area contributed by atoms with Crippen LogP contribution in [0.3, 0.4) is 0 Å². The minimum absolute atomic E-state index is 0.0951. The summed E-state index contributed by atoms with van der Waals surface area (Å²) in [4.78, 5) is 23.7. The molecule has 1 N–H and O–H groups in total. The maximum absolute atomic E-state index is 11.9. The fourth-order valence-corrected chi connectivity index (χ4v) is 2.35. The standard InChI is InChI=1S/C18H18BrNO4/c1-12-3-8-16(23-2)14(9-12)11-24-17(21)10-20-18(22)13-4-6-15(19)7-5-13/h3-9H,10-11H2,1-2H3,(H,20,22). The van der Waals surface area contributed by atoms with Gasteiger partial charge in [-0.25, -0.2) is 0 Å². The van der Waals surface area contributed by atoms with Crippen LogP contribution in [-0.4, -0.2) is 25.5 Å². The van der Waals surface area contributed by atoms with E-state index in [1.807, 2.05) is 25.1 Å². The van der Waals surface area contributed by atoms with Gasteiger partial charge in [-0.05, 0) is 43.3 Å². The lowest BCUT2D eigenvalue weighted by atomic mass is 10.1. The van der Waals surface area contributed by atoms with E-state index in [4.69, 9.17) is 9.47 Å². The number of aryl methyl sites for hydroxylation is 1. The van der Waals surface area contributed by atoms with Crippen molar-refractivity contribution >= 4 is 27.8 Å². The first kappa shape index (κ1) is 18.0. The molecule has 2 aromatic carbocycles. The number of hydrogen-bond acceptors (Lipinski definition) is 4. The number of hydrogen-bond donors (Lipinski definition) is 1. The van der Waals surface area contributed by atoms with Crippen LogP contribution < -0.4 is 10.1 Å². The van der Waals surface area contributed by atoms with Crippen LogP contribution in [0.1, 0.15) is 21.5 Å². The van der Waals surface area contributed by atoms with E-state index in [2.05, 4.69) is 21.2 Å². The molecule has 1 amide bonds. The number of rotatable bonds is 6. The van der Waals surface area contributed by atoms with E-state index in [1.165, 1.54) is 0 Å². The molecule has 2 aromatic rings. The fraction of sp³-hybridized carbons (Fsp3) is 0.222. The molecule has 0 saturated carbocycles. The topological polar surface area (TPSA) is 64.6 Å². The summed E-state index contributed by atoms with van der Waals surface area (Å²) >= 11 is 3.30. The van der Waals surface area contributed by atoms with Crippen molar-refractivity contribution < 1.29 is 19.1 Å². The molecule has 2 rings (SSSR count). The maximum atomic E-state index is 11.9. The summed E-state index contributed by atoms with van der Waals surface area (Å²) in [6.07, 6.45) is 0. The number of ether oxygens (including phenoxy) is 2. The predicted molar refractivity (Wildman–Crippen MR) is 94.0 cm³/mol. The second kappa shape index (κ2) is 8.49. The Labute approximate surface area is 149 Å². The van der Waals surface area contributed by atoms with Crippen LogP contribution in [0.15, 0.2) is 46.9 Å². The van der Waals surface area contributed by atoms with Gasteiger partial charge in [-0.1, -0.05) is 27.6 Å². The highest BCUT2D eigenvalue weighted by atomic mass is 79.9. The van der Waals surface area contributed by atoms with E-state index in [9.17, 15) is 9.59 Å². The van der Waals surface area contributed by atoms with Crippen molar-refractivity contribution in [2.75, 3.05) is 13.7 Å². The molecule has 126 valence electrons. The average molecular weight is 392 g/mol. The van der Waals surface area contributed by atoms with Crippen molar-refractivity contribution in [2.24, 2.45) is 0 Å². The summed E-state index contributed by atoms with van der Waals surface area (Å²) in [6, 6.07) is 12.5. The zero-order valence-corrected chi connectivity index (χ0v) is 15.1. The van der Waals surface area contributed by atoms with Gasteiger partial charge in [0.25, 0.3) is 5.91 Å². The monoisotopic (exact) mass is 391 g/mol. The Kier molecular flexibility index (Phi) is 6.37. The molecule has 0 fully saturated rings. The molecular formula is C18H18BrNO4. The summed E-state index contributed by atoms with van der Waals surface area (Å²) < 4.78 is 11.3. The van der Waals surface area contributed by atoms with Gasteiger partial charge >= 0.3 is 5.97 Å². The van der Waals surface area contributed by atoms with E-state index < -0.39 is 5.97 Å². The van der Waals surface area contributed by atoms with Gasteiger partial charge in [-0.15, -0.1) is 0 Å². The van der Waals surface area contributed by atoms with Crippen molar-refractivity contribution in [3.63, 3.8) is 0 Å². The Morgan fingerprint density at radius 1 is 1.12 bits per heavy atom. The van der Waals surface area contributed by atoms with Crippen LogP contribution in [0.2, 0.25) is 0 Å². The van der Waals surface area contributed by atoms with Crippen LogP contribution in [0, 0.1) is 6.92 Å². The molecule has 0 aromatic heterocycles. The number of carbonyl (C=O) groups excluding carboxylic acids is 2. The highest BCUT2D eigenvalue weighted by molar-refractivity contribution is 9.10. The van der Waals surface area contributed by atoms with Crippen LogP contribution >= 0.6 is 15.9 Å². The molecule has 0 heterocycles. The normalized spacial score (nSPS) is 10.1. The Bertz CT molecular complexity index is 728. The second-order valence-electron chi connectivity index (χ2n) is 5.17. The van der Waals surface area contributed by atoms with Crippen molar-refractivity contribution in [3.8, 4) is 5.75 Å². The van der Waals surface area contributed by atoms with Crippen LogP contribution in [0.25, 0.3) is 0 Å². The van der Waals surface area contributed by atoms with Gasteiger partial charge in [-0.3, -0.25) is 9.59 Å². The molecular weight excluding hydrogens is 374 g/mol. The third-order valence-electron chi connectivity index (χ3n) is 3.32. The average Bonchev–Trinajstić information content (AvgIpc) is 2.58. The Morgan fingerprint density at radius 3 is 2.50 bits per heavy atom. The van der Waals surface area contributed by atoms with E-state index in [0.717, 1.165) is 15.6 Å². The van der Waals surface area contributed by atoms with Gasteiger partial charge < -0.3 is 14.8 Å². The van der Waals surface area contributed by atoms with Gasteiger partial charge in [0.2, 0.25) is 0 Å². The lowest BCUT2D eigenvalue weighted by Gasteiger charge is -2.10.